The fourth-order valence-corrected chi connectivity index (χ4v) is 4.30. The van der Waals surface area contributed by atoms with Gasteiger partial charge in [-0.25, -0.2) is 18.1 Å². The largest absolute Gasteiger partial charge is 0.462 e. The van der Waals surface area contributed by atoms with Gasteiger partial charge in [-0.3, -0.25) is 4.79 Å². The van der Waals surface area contributed by atoms with Crippen LogP contribution >= 0.6 is 11.3 Å². The second-order valence-corrected chi connectivity index (χ2v) is 8.22. The molecule has 7 nitrogen and oxygen atoms in total. The first-order valence-electron chi connectivity index (χ1n) is 7.06. The Hall–Kier alpha value is -1.71. The van der Waals surface area contributed by atoms with E-state index in [0.717, 1.165) is 5.01 Å². The van der Waals surface area contributed by atoms with Crippen molar-refractivity contribution in [3.05, 3.63) is 28.3 Å². The lowest BCUT2D eigenvalue weighted by Gasteiger charge is -2.09. The third-order valence-corrected chi connectivity index (χ3v) is 5.64. The first-order valence-corrected chi connectivity index (χ1v) is 9.60. The molecule has 0 aliphatic carbocycles. The standard InChI is InChI=1S/C14H16N2O5S2/c1-9-15-12(7-22-9)13-4-11(6-21-13)14(17)16-23(18,19)8-10-2-3-20-5-10/h4,6-7,10H,2-3,5,8H2,1H3,(H,16,17)/t10-/m1/s1. The van der Waals surface area contributed by atoms with Crippen molar-refractivity contribution < 1.29 is 22.4 Å². The summed E-state index contributed by atoms with van der Waals surface area (Å²) >= 11 is 1.47. The van der Waals surface area contributed by atoms with Gasteiger partial charge in [-0.05, 0) is 19.4 Å². The van der Waals surface area contributed by atoms with E-state index in [1.807, 2.05) is 12.3 Å². The molecule has 0 saturated carbocycles. The Morgan fingerprint density at radius 3 is 3.00 bits per heavy atom. The van der Waals surface area contributed by atoms with E-state index in [-0.39, 0.29) is 17.2 Å². The number of amides is 1. The second kappa shape index (κ2) is 6.42. The van der Waals surface area contributed by atoms with Gasteiger partial charge in [-0.15, -0.1) is 11.3 Å². The highest BCUT2D eigenvalue weighted by Crippen LogP contribution is 2.24. The number of thiazole rings is 1. The second-order valence-electron chi connectivity index (χ2n) is 5.39. The van der Waals surface area contributed by atoms with E-state index < -0.39 is 15.9 Å². The number of nitrogens with zero attached hydrogens (tertiary/aromatic N) is 1. The number of rotatable bonds is 5. The summed E-state index contributed by atoms with van der Waals surface area (Å²) < 4.78 is 36.6. The summed E-state index contributed by atoms with van der Waals surface area (Å²) in [5.74, 6) is -0.459. The third kappa shape index (κ3) is 3.98. The van der Waals surface area contributed by atoms with Crippen LogP contribution in [0.1, 0.15) is 21.8 Å². The molecule has 2 aromatic rings. The number of ether oxygens (including phenoxy) is 1. The van der Waals surface area contributed by atoms with E-state index in [4.69, 9.17) is 9.15 Å². The number of aromatic nitrogens is 1. The molecule has 0 spiro atoms. The van der Waals surface area contributed by atoms with Crippen molar-refractivity contribution in [2.45, 2.75) is 13.3 Å². The minimum atomic E-state index is -3.70. The number of hydrogen-bond acceptors (Lipinski definition) is 7. The van der Waals surface area contributed by atoms with E-state index in [9.17, 15) is 13.2 Å². The molecule has 0 unspecified atom stereocenters. The highest BCUT2D eigenvalue weighted by Gasteiger charge is 2.25. The Bertz CT molecular complexity index is 803. The van der Waals surface area contributed by atoms with Crippen LogP contribution in [0.2, 0.25) is 0 Å². The van der Waals surface area contributed by atoms with Gasteiger partial charge >= 0.3 is 0 Å². The zero-order valence-corrected chi connectivity index (χ0v) is 14.1. The molecule has 0 bridgehead atoms. The first kappa shape index (κ1) is 16.2. The molecular weight excluding hydrogens is 340 g/mol. The smallest absolute Gasteiger partial charge is 0.268 e. The molecule has 1 atom stereocenters. The number of hydrogen-bond donors (Lipinski definition) is 1. The minimum absolute atomic E-state index is 0.0711. The highest BCUT2D eigenvalue weighted by molar-refractivity contribution is 7.90. The zero-order chi connectivity index (χ0) is 16.4. The number of aryl methyl sites for hydroxylation is 1. The summed E-state index contributed by atoms with van der Waals surface area (Å²) in [4.78, 5) is 16.3. The van der Waals surface area contributed by atoms with Crippen LogP contribution in [0, 0.1) is 12.8 Å². The fourth-order valence-electron chi connectivity index (χ4n) is 2.33. The molecule has 23 heavy (non-hydrogen) atoms. The number of furan rings is 1. The van der Waals surface area contributed by atoms with Gasteiger partial charge in [0.05, 0.1) is 22.9 Å². The van der Waals surface area contributed by atoms with Crippen molar-refractivity contribution in [1.29, 1.82) is 0 Å². The monoisotopic (exact) mass is 356 g/mol. The van der Waals surface area contributed by atoms with Crippen LogP contribution in [-0.4, -0.2) is 38.3 Å². The molecule has 1 aliphatic heterocycles. The molecule has 3 rings (SSSR count). The van der Waals surface area contributed by atoms with Crippen molar-refractivity contribution in [3.63, 3.8) is 0 Å². The Balaban J connectivity index is 1.67. The maximum atomic E-state index is 12.1. The molecule has 1 fully saturated rings. The molecule has 1 amide bonds. The number of nitrogens with one attached hydrogen (secondary N) is 1. The predicted octanol–water partition coefficient (Wildman–Crippen LogP) is 1.81. The van der Waals surface area contributed by atoms with Gasteiger partial charge in [-0.1, -0.05) is 0 Å². The molecular formula is C14H16N2O5S2. The summed E-state index contributed by atoms with van der Waals surface area (Å²) in [6, 6.07) is 1.48. The first-order chi connectivity index (χ1) is 10.9. The maximum absolute atomic E-state index is 12.1. The lowest BCUT2D eigenvalue weighted by molar-refractivity contribution is 0.0980. The van der Waals surface area contributed by atoms with Crippen LogP contribution in [0.25, 0.3) is 11.5 Å². The molecule has 1 saturated heterocycles. The Kier molecular flexibility index (Phi) is 4.51. The number of sulfonamides is 1. The molecule has 3 heterocycles. The predicted molar refractivity (Wildman–Crippen MR) is 84.7 cm³/mol. The van der Waals surface area contributed by atoms with Crippen LogP contribution in [0.4, 0.5) is 0 Å². The SMILES string of the molecule is Cc1nc(-c2cc(C(=O)NS(=O)(=O)C[C@@H]3CCOC3)co2)cs1. The summed E-state index contributed by atoms with van der Waals surface area (Å²) in [5, 5.41) is 2.69. The van der Waals surface area contributed by atoms with Crippen LogP contribution in [-0.2, 0) is 14.8 Å². The van der Waals surface area contributed by atoms with Crippen LogP contribution in [0.15, 0.2) is 22.1 Å². The average molecular weight is 356 g/mol. The summed E-state index contributed by atoms with van der Waals surface area (Å²) in [6.45, 7) is 2.84. The van der Waals surface area contributed by atoms with Gasteiger partial charge in [0, 0.05) is 17.9 Å². The van der Waals surface area contributed by atoms with Gasteiger partial charge in [0.2, 0.25) is 10.0 Å². The topological polar surface area (TPSA) is 98.5 Å². The van der Waals surface area contributed by atoms with Crippen molar-refractivity contribution in [1.82, 2.24) is 9.71 Å². The van der Waals surface area contributed by atoms with Crippen LogP contribution in [0.5, 0.6) is 0 Å². The number of carbonyl (C=O) groups excluding carboxylic acids is 1. The van der Waals surface area contributed by atoms with E-state index in [1.54, 1.807) is 0 Å². The van der Waals surface area contributed by atoms with Gasteiger partial charge < -0.3 is 9.15 Å². The highest BCUT2D eigenvalue weighted by atomic mass is 32.2. The van der Waals surface area contributed by atoms with E-state index in [1.165, 1.54) is 23.7 Å². The quantitative estimate of drug-likeness (QED) is 0.877. The summed E-state index contributed by atoms with van der Waals surface area (Å²) in [5.41, 5.74) is 0.773. The molecule has 9 heteroatoms. The lowest BCUT2D eigenvalue weighted by atomic mass is 10.2. The van der Waals surface area contributed by atoms with Crippen molar-refractivity contribution in [2.75, 3.05) is 19.0 Å². The van der Waals surface area contributed by atoms with Crippen LogP contribution in [0.3, 0.4) is 0 Å². The van der Waals surface area contributed by atoms with E-state index >= 15 is 0 Å². The molecule has 1 aliphatic rings. The number of carbonyl (C=O) groups is 1. The van der Waals surface area contributed by atoms with Gasteiger partial charge in [0.25, 0.3) is 5.91 Å². The average Bonchev–Trinajstić information content (AvgIpc) is 3.17. The summed E-state index contributed by atoms with van der Waals surface area (Å²) in [6.07, 6.45) is 1.92. The van der Waals surface area contributed by atoms with Gasteiger partial charge in [-0.2, -0.15) is 0 Å². The maximum Gasteiger partial charge on any atom is 0.268 e. The van der Waals surface area contributed by atoms with Gasteiger partial charge in [0.15, 0.2) is 5.76 Å². The van der Waals surface area contributed by atoms with Gasteiger partial charge in [0.1, 0.15) is 12.0 Å². The Labute approximate surface area is 137 Å². The molecule has 0 aromatic carbocycles. The van der Waals surface area contributed by atoms with Crippen molar-refractivity contribution >= 4 is 27.3 Å². The molecule has 2 aromatic heterocycles. The van der Waals surface area contributed by atoms with Crippen molar-refractivity contribution in [2.24, 2.45) is 5.92 Å². The van der Waals surface area contributed by atoms with E-state index in [2.05, 4.69) is 9.71 Å². The molecule has 1 N–H and O–H groups in total. The fraction of sp³-hybridized carbons (Fsp3) is 0.429. The Morgan fingerprint density at radius 2 is 2.35 bits per heavy atom. The van der Waals surface area contributed by atoms with Crippen molar-refractivity contribution in [3.8, 4) is 11.5 Å². The molecule has 124 valence electrons. The summed E-state index contributed by atoms with van der Waals surface area (Å²) in [7, 11) is -3.70. The normalized spacial score (nSPS) is 18.2. The minimum Gasteiger partial charge on any atom is -0.462 e. The Morgan fingerprint density at radius 1 is 1.52 bits per heavy atom. The van der Waals surface area contributed by atoms with Crippen LogP contribution < -0.4 is 4.72 Å². The van der Waals surface area contributed by atoms with E-state index in [0.29, 0.717) is 31.1 Å². The lowest BCUT2D eigenvalue weighted by Crippen LogP contribution is -2.34. The zero-order valence-electron chi connectivity index (χ0n) is 12.4. The third-order valence-electron chi connectivity index (χ3n) is 3.46. The molecule has 0 radical (unpaired) electrons.